The highest BCUT2D eigenvalue weighted by Gasteiger charge is 1.96. The molecule has 0 saturated heterocycles. The van der Waals surface area contributed by atoms with Crippen LogP contribution in [0.4, 0.5) is 0 Å². The Morgan fingerprint density at radius 3 is 2.92 bits per heavy atom. The molecular weight excluding hydrogens is 174 g/mol. The Balaban J connectivity index is 3.01. The van der Waals surface area contributed by atoms with Crippen LogP contribution in [-0.2, 0) is 0 Å². The van der Waals surface area contributed by atoms with E-state index in [1.165, 1.54) is 0 Å². The van der Waals surface area contributed by atoms with E-state index in [2.05, 4.69) is 16.8 Å². The molecule has 0 aliphatic carbocycles. The van der Waals surface area contributed by atoms with Crippen LogP contribution in [0.1, 0.15) is 11.3 Å². The molecule has 0 unspecified atom stereocenters. The molecule has 0 fully saturated rings. The number of halogens is 1. The van der Waals surface area contributed by atoms with Crippen LogP contribution in [0.2, 0.25) is 5.15 Å². The van der Waals surface area contributed by atoms with Crippen LogP contribution in [0.5, 0.6) is 0 Å². The van der Waals surface area contributed by atoms with Crippen LogP contribution in [0.25, 0.3) is 0 Å². The quantitative estimate of drug-likeness (QED) is 0.485. The van der Waals surface area contributed by atoms with Crippen molar-refractivity contribution >= 4 is 11.6 Å². The summed E-state index contributed by atoms with van der Waals surface area (Å²) in [5.41, 5.74) is 1.51. The summed E-state index contributed by atoms with van der Waals surface area (Å²) in [6, 6.07) is 3.61. The fourth-order valence-electron chi connectivity index (χ4n) is 0.753. The van der Waals surface area contributed by atoms with Gasteiger partial charge in [0.1, 0.15) is 11.8 Å². The predicted octanol–water partition coefficient (Wildman–Crippen LogP) is 1.39. The van der Waals surface area contributed by atoms with Crippen molar-refractivity contribution in [3.8, 4) is 11.8 Å². The number of nitrogens with zero attached hydrogens (tertiary/aromatic N) is 1. The first-order valence-electron chi connectivity index (χ1n) is 3.47. The van der Waals surface area contributed by atoms with E-state index in [-0.39, 0.29) is 6.61 Å². The third-order valence-electron chi connectivity index (χ3n) is 1.29. The van der Waals surface area contributed by atoms with Crippen LogP contribution in [0.3, 0.4) is 0 Å². The van der Waals surface area contributed by atoms with Crippen molar-refractivity contribution in [2.24, 2.45) is 0 Å². The lowest BCUT2D eigenvalue weighted by molar-refractivity contribution is 0.350. The second kappa shape index (κ2) is 4.10. The summed E-state index contributed by atoms with van der Waals surface area (Å²) in [5, 5.41) is 8.82. The van der Waals surface area contributed by atoms with Crippen molar-refractivity contribution in [2.75, 3.05) is 6.61 Å². The third-order valence-corrected chi connectivity index (χ3v) is 1.58. The number of aliphatic hydroxyl groups is 1. The summed E-state index contributed by atoms with van der Waals surface area (Å²) in [7, 11) is 0. The van der Waals surface area contributed by atoms with E-state index >= 15 is 0 Å². The maximum absolute atomic E-state index is 8.44. The lowest BCUT2D eigenvalue weighted by Gasteiger charge is -1.95. The van der Waals surface area contributed by atoms with Gasteiger partial charge in [-0.15, -0.1) is 0 Å². The molecular formula is C9H8ClNO. The highest BCUT2D eigenvalue weighted by molar-refractivity contribution is 6.30. The van der Waals surface area contributed by atoms with E-state index in [0.29, 0.717) is 10.7 Å². The fraction of sp³-hybridized carbons (Fsp3) is 0.222. The molecule has 0 saturated carbocycles. The van der Waals surface area contributed by atoms with Crippen molar-refractivity contribution in [3.63, 3.8) is 0 Å². The summed E-state index contributed by atoms with van der Waals surface area (Å²) in [6.07, 6.45) is 0. The second-order valence-electron chi connectivity index (χ2n) is 2.25. The van der Waals surface area contributed by atoms with Crippen LogP contribution in [-0.4, -0.2) is 16.7 Å². The van der Waals surface area contributed by atoms with Crippen LogP contribution in [0, 0.1) is 18.8 Å². The van der Waals surface area contributed by atoms with Crippen molar-refractivity contribution in [1.29, 1.82) is 0 Å². The number of aromatic nitrogens is 1. The van der Waals surface area contributed by atoms with Gasteiger partial charge in [0, 0.05) is 5.69 Å². The SMILES string of the molecule is Cc1ccc(C#CCO)c(Cl)n1. The van der Waals surface area contributed by atoms with Gasteiger partial charge in [0.05, 0.1) is 5.56 Å². The minimum absolute atomic E-state index is 0.162. The highest BCUT2D eigenvalue weighted by atomic mass is 35.5. The summed E-state index contributed by atoms with van der Waals surface area (Å²) in [5.74, 6) is 5.20. The molecule has 1 rings (SSSR count). The molecule has 1 heterocycles. The zero-order valence-corrected chi connectivity index (χ0v) is 7.39. The average Bonchev–Trinajstić information content (AvgIpc) is 2.03. The molecule has 0 amide bonds. The fourth-order valence-corrected chi connectivity index (χ4v) is 0.997. The minimum atomic E-state index is -0.162. The number of hydrogen-bond acceptors (Lipinski definition) is 2. The molecule has 0 aliphatic rings. The Kier molecular flexibility index (Phi) is 3.09. The predicted molar refractivity (Wildman–Crippen MR) is 47.9 cm³/mol. The van der Waals surface area contributed by atoms with Crippen molar-refractivity contribution < 1.29 is 5.11 Å². The summed E-state index contributed by atoms with van der Waals surface area (Å²) < 4.78 is 0. The largest absolute Gasteiger partial charge is 0.384 e. The van der Waals surface area contributed by atoms with Crippen LogP contribution >= 0.6 is 11.6 Å². The number of aliphatic hydroxyl groups excluding tert-OH is 1. The maximum Gasteiger partial charge on any atom is 0.144 e. The number of pyridine rings is 1. The van der Waals surface area contributed by atoms with Crippen molar-refractivity contribution in [3.05, 3.63) is 28.5 Å². The standard InChI is InChI=1S/C9H8ClNO/c1-7-4-5-8(3-2-6-12)9(10)11-7/h4-5,12H,6H2,1H3. The Morgan fingerprint density at radius 2 is 2.33 bits per heavy atom. The molecule has 1 aromatic rings. The Bertz CT molecular complexity index is 338. The number of hydrogen-bond donors (Lipinski definition) is 1. The normalized spacial score (nSPS) is 8.92. The summed E-state index contributed by atoms with van der Waals surface area (Å²) >= 11 is 5.77. The zero-order valence-electron chi connectivity index (χ0n) is 6.63. The summed E-state index contributed by atoms with van der Waals surface area (Å²) in [4.78, 5) is 4.01. The molecule has 0 aromatic carbocycles. The van der Waals surface area contributed by atoms with Gasteiger partial charge in [-0.2, -0.15) is 0 Å². The van der Waals surface area contributed by atoms with Gasteiger partial charge in [0.25, 0.3) is 0 Å². The molecule has 0 atom stereocenters. The lowest BCUT2D eigenvalue weighted by Crippen LogP contribution is -1.85. The highest BCUT2D eigenvalue weighted by Crippen LogP contribution is 2.11. The molecule has 1 N–H and O–H groups in total. The van der Waals surface area contributed by atoms with Gasteiger partial charge in [0.15, 0.2) is 0 Å². The topological polar surface area (TPSA) is 33.1 Å². The van der Waals surface area contributed by atoms with Crippen LogP contribution < -0.4 is 0 Å². The van der Waals surface area contributed by atoms with Gasteiger partial charge in [-0.25, -0.2) is 4.98 Å². The van der Waals surface area contributed by atoms with E-state index in [4.69, 9.17) is 16.7 Å². The lowest BCUT2D eigenvalue weighted by atomic mass is 10.2. The van der Waals surface area contributed by atoms with Crippen molar-refractivity contribution in [2.45, 2.75) is 6.92 Å². The molecule has 2 nitrogen and oxygen atoms in total. The van der Waals surface area contributed by atoms with Gasteiger partial charge >= 0.3 is 0 Å². The minimum Gasteiger partial charge on any atom is -0.384 e. The van der Waals surface area contributed by atoms with E-state index in [1.807, 2.05) is 13.0 Å². The van der Waals surface area contributed by atoms with E-state index in [0.717, 1.165) is 5.69 Å². The van der Waals surface area contributed by atoms with Crippen molar-refractivity contribution in [1.82, 2.24) is 4.98 Å². The first kappa shape index (κ1) is 9.05. The van der Waals surface area contributed by atoms with Gasteiger partial charge < -0.3 is 5.11 Å². The molecule has 12 heavy (non-hydrogen) atoms. The molecule has 0 spiro atoms. The average molecular weight is 182 g/mol. The monoisotopic (exact) mass is 181 g/mol. The Hall–Kier alpha value is -1.04. The molecule has 0 radical (unpaired) electrons. The van der Waals surface area contributed by atoms with Gasteiger partial charge in [-0.3, -0.25) is 0 Å². The first-order chi connectivity index (χ1) is 5.74. The Labute approximate surface area is 76.2 Å². The molecule has 0 aliphatic heterocycles. The smallest absolute Gasteiger partial charge is 0.144 e. The zero-order chi connectivity index (χ0) is 8.97. The van der Waals surface area contributed by atoms with Gasteiger partial charge in [0.2, 0.25) is 0 Å². The first-order valence-corrected chi connectivity index (χ1v) is 3.84. The maximum atomic E-state index is 8.44. The van der Waals surface area contributed by atoms with Gasteiger partial charge in [-0.1, -0.05) is 23.4 Å². The molecule has 1 aromatic heterocycles. The Morgan fingerprint density at radius 1 is 1.58 bits per heavy atom. The molecule has 0 bridgehead atoms. The van der Waals surface area contributed by atoms with E-state index < -0.39 is 0 Å². The number of rotatable bonds is 0. The third kappa shape index (κ3) is 2.23. The van der Waals surface area contributed by atoms with Gasteiger partial charge in [-0.05, 0) is 19.1 Å². The summed E-state index contributed by atoms with van der Waals surface area (Å²) in [6.45, 7) is 1.69. The number of aryl methyl sites for hydroxylation is 1. The van der Waals surface area contributed by atoms with E-state index in [9.17, 15) is 0 Å². The van der Waals surface area contributed by atoms with E-state index in [1.54, 1.807) is 6.07 Å². The van der Waals surface area contributed by atoms with Crippen LogP contribution in [0.15, 0.2) is 12.1 Å². The second-order valence-corrected chi connectivity index (χ2v) is 2.61. The molecule has 62 valence electrons. The molecule has 3 heteroatoms.